The number of hydrogen-bond acceptors (Lipinski definition) is 4. The molecule has 0 amide bonds. The molecule has 0 aromatic rings. The Morgan fingerprint density at radius 2 is 1.85 bits per heavy atom. The molecule has 4 nitrogen and oxygen atoms in total. The maximum atomic E-state index is 12.4. The molecule has 1 saturated carbocycles. The minimum absolute atomic E-state index is 0.0653. The van der Waals surface area contributed by atoms with Gasteiger partial charge in [-0.1, -0.05) is 12.8 Å². The topological polar surface area (TPSA) is 47.6 Å². The summed E-state index contributed by atoms with van der Waals surface area (Å²) in [4.78, 5) is 12.4. The van der Waals surface area contributed by atoms with Crippen LogP contribution in [-0.4, -0.2) is 43.8 Å². The van der Waals surface area contributed by atoms with Crippen LogP contribution in [0, 0.1) is 5.92 Å². The molecule has 1 atom stereocenters. The van der Waals surface area contributed by atoms with Crippen molar-refractivity contribution in [2.75, 3.05) is 26.4 Å². The van der Waals surface area contributed by atoms with E-state index in [1.165, 1.54) is 25.7 Å². The Kier molecular flexibility index (Phi) is 4.74. The Hall–Kier alpha value is -0.450. The zero-order chi connectivity index (χ0) is 13.8. The first-order valence-electron chi connectivity index (χ1n) is 8.25. The molecule has 3 rings (SSSR count). The maximum Gasteiger partial charge on any atom is 0.149 e. The summed E-state index contributed by atoms with van der Waals surface area (Å²) >= 11 is 0. The third-order valence-electron chi connectivity index (χ3n) is 5.27. The van der Waals surface area contributed by atoms with Gasteiger partial charge in [0, 0.05) is 31.8 Å². The van der Waals surface area contributed by atoms with Crippen molar-refractivity contribution >= 4 is 5.78 Å². The van der Waals surface area contributed by atoms with Crippen molar-refractivity contribution in [2.24, 2.45) is 5.92 Å². The predicted octanol–water partition coefficient (Wildman–Crippen LogP) is 2.06. The van der Waals surface area contributed by atoms with Crippen LogP contribution in [0.1, 0.15) is 51.4 Å². The molecule has 0 aromatic heterocycles. The molecule has 2 heterocycles. The fourth-order valence-corrected chi connectivity index (χ4v) is 3.91. The first-order valence-corrected chi connectivity index (χ1v) is 8.25. The van der Waals surface area contributed by atoms with Gasteiger partial charge in [-0.2, -0.15) is 0 Å². The average Bonchev–Trinajstić information content (AvgIpc) is 2.99. The van der Waals surface area contributed by atoms with Crippen molar-refractivity contribution in [1.29, 1.82) is 0 Å². The third-order valence-corrected chi connectivity index (χ3v) is 5.27. The minimum atomic E-state index is -0.0653. The molecule has 1 spiro atoms. The van der Waals surface area contributed by atoms with E-state index in [1.807, 2.05) is 0 Å². The second kappa shape index (κ2) is 6.54. The van der Waals surface area contributed by atoms with Crippen molar-refractivity contribution in [1.82, 2.24) is 5.32 Å². The number of Topliss-reactive ketones (excluding diaryl/α,β-unsaturated/α-hetero) is 1. The summed E-state index contributed by atoms with van der Waals surface area (Å²) in [6.45, 7) is 2.85. The van der Waals surface area contributed by atoms with Gasteiger partial charge in [-0.25, -0.2) is 0 Å². The van der Waals surface area contributed by atoms with Crippen LogP contribution in [-0.2, 0) is 14.3 Å². The number of ketones is 1. The zero-order valence-electron chi connectivity index (χ0n) is 12.4. The Bertz CT molecular complexity index is 327. The Labute approximate surface area is 121 Å². The minimum Gasteiger partial charge on any atom is -0.381 e. The fourth-order valence-electron chi connectivity index (χ4n) is 3.91. The fraction of sp³-hybridized carbons (Fsp3) is 0.938. The number of carbonyl (C=O) groups excluding carboxylic acids is 1. The van der Waals surface area contributed by atoms with Crippen LogP contribution in [0.4, 0.5) is 0 Å². The van der Waals surface area contributed by atoms with Crippen LogP contribution in [0.2, 0.25) is 0 Å². The molecular formula is C16H27NO3. The second-order valence-electron chi connectivity index (χ2n) is 6.66. The smallest absolute Gasteiger partial charge is 0.149 e. The molecule has 0 radical (unpaired) electrons. The maximum absolute atomic E-state index is 12.4. The third kappa shape index (κ3) is 3.41. The van der Waals surface area contributed by atoms with Gasteiger partial charge in [0.1, 0.15) is 5.78 Å². The highest BCUT2D eigenvalue weighted by atomic mass is 16.5. The molecule has 0 bridgehead atoms. The van der Waals surface area contributed by atoms with E-state index < -0.39 is 0 Å². The van der Waals surface area contributed by atoms with Gasteiger partial charge < -0.3 is 14.8 Å². The van der Waals surface area contributed by atoms with Gasteiger partial charge >= 0.3 is 0 Å². The SMILES string of the molecule is O=C(CNC1CCCC1)C1CCOC2(CCOCC2)C1. The molecule has 1 unspecified atom stereocenters. The van der Waals surface area contributed by atoms with Crippen molar-refractivity contribution in [2.45, 2.75) is 63.0 Å². The summed E-state index contributed by atoms with van der Waals surface area (Å²) in [5, 5.41) is 3.45. The number of nitrogens with one attached hydrogen (secondary N) is 1. The van der Waals surface area contributed by atoms with Crippen molar-refractivity contribution in [3.8, 4) is 0 Å². The Morgan fingerprint density at radius 3 is 2.60 bits per heavy atom. The van der Waals surface area contributed by atoms with Crippen LogP contribution in [0.5, 0.6) is 0 Å². The summed E-state index contributed by atoms with van der Waals surface area (Å²) in [5.41, 5.74) is -0.0653. The molecule has 1 N–H and O–H groups in total. The second-order valence-corrected chi connectivity index (χ2v) is 6.66. The van der Waals surface area contributed by atoms with Crippen LogP contribution < -0.4 is 5.32 Å². The Morgan fingerprint density at radius 1 is 1.10 bits per heavy atom. The van der Waals surface area contributed by atoms with Gasteiger partial charge in [-0.15, -0.1) is 0 Å². The summed E-state index contributed by atoms with van der Waals surface area (Å²) in [7, 11) is 0. The standard InChI is InChI=1S/C16H27NO3/c18-15(12-17-14-3-1-2-4-14)13-5-8-20-16(11-13)6-9-19-10-7-16/h13-14,17H,1-12H2. The molecule has 3 aliphatic rings. The molecule has 4 heteroatoms. The van der Waals surface area contributed by atoms with Gasteiger partial charge in [-0.3, -0.25) is 4.79 Å². The van der Waals surface area contributed by atoms with E-state index in [-0.39, 0.29) is 11.5 Å². The van der Waals surface area contributed by atoms with E-state index in [0.717, 1.165) is 45.5 Å². The molecular weight excluding hydrogens is 254 g/mol. The molecule has 2 saturated heterocycles. The quantitative estimate of drug-likeness (QED) is 0.857. The monoisotopic (exact) mass is 281 g/mol. The van der Waals surface area contributed by atoms with E-state index >= 15 is 0 Å². The van der Waals surface area contributed by atoms with Crippen LogP contribution in [0.25, 0.3) is 0 Å². The number of ether oxygens (including phenoxy) is 2. The summed E-state index contributed by atoms with van der Waals surface area (Å²) < 4.78 is 11.4. The van der Waals surface area contributed by atoms with Crippen LogP contribution >= 0.6 is 0 Å². The molecule has 3 fully saturated rings. The van der Waals surface area contributed by atoms with Gasteiger partial charge in [0.15, 0.2) is 0 Å². The molecule has 0 aromatic carbocycles. The predicted molar refractivity (Wildman–Crippen MR) is 76.7 cm³/mol. The average molecular weight is 281 g/mol. The van der Waals surface area contributed by atoms with E-state index in [0.29, 0.717) is 18.4 Å². The lowest BCUT2D eigenvalue weighted by Crippen LogP contribution is -2.47. The molecule has 1 aliphatic carbocycles. The highest BCUT2D eigenvalue weighted by Gasteiger charge is 2.40. The molecule has 2 aliphatic heterocycles. The van der Waals surface area contributed by atoms with Crippen LogP contribution in [0.3, 0.4) is 0 Å². The molecule has 20 heavy (non-hydrogen) atoms. The van der Waals surface area contributed by atoms with Gasteiger partial charge in [0.2, 0.25) is 0 Å². The summed E-state index contributed by atoms with van der Waals surface area (Å²) in [6.07, 6.45) is 8.80. The lowest BCUT2D eigenvalue weighted by Gasteiger charge is -2.43. The van der Waals surface area contributed by atoms with Gasteiger partial charge in [0.25, 0.3) is 0 Å². The van der Waals surface area contributed by atoms with E-state index in [9.17, 15) is 4.79 Å². The zero-order valence-corrected chi connectivity index (χ0v) is 12.4. The van der Waals surface area contributed by atoms with Crippen molar-refractivity contribution in [3.63, 3.8) is 0 Å². The van der Waals surface area contributed by atoms with E-state index in [1.54, 1.807) is 0 Å². The van der Waals surface area contributed by atoms with Crippen molar-refractivity contribution in [3.05, 3.63) is 0 Å². The first kappa shape index (κ1) is 14.5. The van der Waals surface area contributed by atoms with Crippen molar-refractivity contribution < 1.29 is 14.3 Å². The van der Waals surface area contributed by atoms with E-state index in [2.05, 4.69) is 5.32 Å². The highest BCUT2D eigenvalue weighted by molar-refractivity contribution is 5.83. The highest BCUT2D eigenvalue weighted by Crippen LogP contribution is 2.37. The van der Waals surface area contributed by atoms with Gasteiger partial charge in [0.05, 0.1) is 12.1 Å². The number of carbonyl (C=O) groups is 1. The lowest BCUT2D eigenvalue weighted by molar-refractivity contribution is -0.156. The summed E-state index contributed by atoms with van der Waals surface area (Å²) in [6, 6.07) is 0.579. The first-order chi connectivity index (χ1) is 9.77. The largest absolute Gasteiger partial charge is 0.381 e. The van der Waals surface area contributed by atoms with E-state index in [4.69, 9.17) is 9.47 Å². The number of hydrogen-bond donors (Lipinski definition) is 1. The van der Waals surface area contributed by atoms with Gasteiger partial charge in [-0.05, 0) is 38.5 Å². The Balaban J connectivity index is 1.49. The molecule has 114 valence electrons. The number of rotatable bonds is 4. The van der Waals surface area contributed by atoms with Crippen LogP contribution in [0.15, 0.2) is 0 Å². The summed E-state index contributed by atoms with van der Waals surface area (Å²) in [5.74, 6) is 0.585. The normalized spacial score (nSPS) is 30.7. The lowest BCUT2D eigenvalue weighted by atomic mass is 9.79.